The monoisotopic (exact) mass is 359 g/mol. The van der Waals surface area contributed by atoms with Crippen molar-refractivity contribution in [3.05, 3.63) is 28.1 Å². The first-order valence-electron chi connectivity index (χ1n) is 6.11. The first-order chi connectivity index (χ1) is 10.3. The van der Waals surface area contributed by atoms with Crippen molar-refractivity contribution in [2.24, 2.45) is 0 Å². The largest absolute Gasteiger partial charge is 0.467 e. The van der Waals surface area contributed by atoms with Gasteiger partial charge in [-0.05, 0) is 12.1 Å². The standard InChI is InChI=1S/C13H10ClNO5S2/c1-15-9(13(17)20-2)10(16)11-12(22(15,18)19)7-4-3-6(14)5-8(7)21-11/h3-5,9H,1-2H3. The van der Waals surface area contributed by atoms with E-state index in [2.05, 4.69) is 4.74 Å². The number of methoxy groups -OCH3 is 1. The van der Waals surface area contributed by atoms with Crippen LogP contribution in [0.15, 0.2) is 23.1 Å². The zero-order valence-corrected chi connectivity index (χ0v) is 13.9. The molecule has 0 N–H and O–H groups in total. The molecule has 3 rings (SSSR count). The van der Waals surface area contributed by atoms with Crippen molar-refractivity contribution in [3.8, 4) is 0 Å². The number of likely N-dealkylation sites (N-methyl/N-ethyl adjacent to an activating group) is 1. The van der Waals surface area contributed by atoms with E-state index in [0.29, 0.717) is 15.1 Å². The van der Waals surface area contributed by atoms with Gasteiger partial charge in [-0.1, -0.05) is 17.7 Å². The Morgan fingerprint density at radius 1 is 1.41 bits per heavy atom. The Balaban J connectivity index is 2.36. The van der Waals surface area contributed by atoms with Crippen LogP contribution in [-0.2, 0) is 19.6 Å². The van der Waals surface area contributed by atoms with Gasteiger partial charge in [0, 0.05) is 22.2 Å². The number of ketones is 1. The predicted molar refractivity (Wildman–Crippen MR) is 81.9 cm³/mol. The van der Waals surface area contributed by atoms with Crippen LogP contribution < -0.4 is 0 Å². The molecule has 0 saturated carbocycles. The van der Waals surface area contributed by atoms with E-state index in [1.807, 2.05) is 0 Å². The van der Waals surface area contributed by atoms with Crippen LogP contribution in [0.1, 0.15) is 9.67 Å². The highest BCUT2D eigenvalue weighted by Crippen LogP contribution is 2.41. The molecule has 1 aliphatic heterocycles. The molecule has 0 fully saturated rings. The summed E-state index contributed by atoms with van der Waals surface area (Å²) in [6.45, 7) is 0. The number of Topliss-reactive ketones (excluding diaryl/α,β-unsaturated/α-hetero) is 1. The SMILES string of the molecule is COC(=O)C1C(=O)c2sc3cc(Cl)ccc3c2S(=O)(=O)N1C. The number of benzene rings is 1. The summed E-state index contributed by atoms with van der Waals surface area (Å²) in [5, 5.41) is 0.863. The van der Waals surface area contributed by atoms with Gasteiger partial charge in [0.15, 0.2) is 6.04 Å². The van der Waals surface area contributed by atoms with Gasteiger partial charge in [0.1, 0.15) is 4.90 Å². The van der Waals surface area contributed by atoms with Gasteiger partial charge in [-0.3, -0.25) is 4.79 Å². The molecule has 2 aromatic rings. The third-order valence-corrected chi connectivity index (χ3v) is 6.94. The molecular formula is C13H10ClNO5S2. The number of fused-ring (bicyclic) bond motifs is 3. The van der Waals surface area contributed by atoms with Gasteiger partial charge in [0.25, 0.3) is 0 Å². The highest BCUT2D eigenvalue weighted by molar-refractivity contribution is 7.89. The Kier molecular flexibility index (Phi) is 3.52. The number of carbonyl (C=O) groups excluding carboxylic acids is 2. The molecule has 2 heterocycles. The lowest BCUT2D eigenvalue weighted by Crippen LogP contribution is -2.51. The van der Waals surface area contributed by atoms with Crippen LogP contribution in [0, 0.1) is 0 Å². The van der Waals surface area contributed by atoms with Crippen LogP contribution in [0.2, 0.25) is 5.02 Å². The lowest BCUT2D eigenvalue weighted by atomic mass is 10.1. The van der Waals surface area contributed by atoms with Crippen molar-refractivity contribution >= 4 is 54.8 Å². The molecule has 0 aliphatic carbocycles. The molecule has 1 unspecified atom stereocenters. The fraction of sp³-hybridized carbons (Fsp3) is 0.231. The van der Waals surface area contributed by atoms with Crippen molar-refractivity contribution in [2.75, 3.05) is 14.2 Å². The molecule has 0 radical (unpaired) electrons. The minimum absolute atomic E-state index is 0.0331. The van der Waals surface area contributed by atoms with Crippen LogP contribution in [0.5, 0.6) is 0 Å². The number of sulfonamides is 1. The number of rotatable bonds is 1. The van der Waals surface area contributed by atoms with E-state index < -0.39 is 27.8 Å². The number of nitrogens with zero attached hydrogens (tertiary/aromatic N) is 1. The van der Waals surface area contributed by atoms with E-state index in [-0.39, 0.29) is 9.77 Å². The summed E-state index contributed by atoms with van der Waals surface area (Å²) in [6.07, 6.45) is 0. The average molecular weight is 360 g/mol. The molecular weight excluding hydrogens is 350 g/mol. The normalized spacial score (nSPS) is 20.9. The van der Waals surface area contributed by atoms with Gasteiger partial charge < -0.3 is 4.74 Å². The van der Waals surface area contributed by atoms with Gasteiger partial charge in [-0.2, -0.15) is 4.31 Å². The molecule has 1 aromatic heterocycles. The van der Waals surface area contributed by atoms with Crippen molar-refractivity contribution in [1.29, 1.82) is 0 Å². The maximum absolute atomic E-state index is 12.7. The summed E-state index contributed by atoms with van der Waals surface area (Å²) in [5.41, 5.74) is 0. The fourth-order valence-electron chi connectivity index (χ4n) is 2.40. The van der Waals surface area contributed by atoms with Gasteiger partial charge in [-0.25, -0.2) is 13.2 Å². The quantitative estimate of drug-likeness (QED) is 0.574. The summed E-state index contributed by atoms with van der Waals surface area (Å²) in [5.74, 6) is -1.49. The zero-order valence-electron chi connectivity index (χ0n) is 11.5. The van der Waals surface area contributed by atoms with Crippen LogP contribution in [-0.4, -0.2) is 44.7 Å². The van der Waals surface area contributed by atoms with E-state index >= 15 is 0 Å². The molecule has 1 aromatic carbocycles. The smallest absolute Gasteiger partial charge is 0.332 e. The number of halogens is 1. The maximum Gasteiger partial charge on any atom is 0.332 e. The van der Waals surface area contributed by atoms with Crippen LogP contribution in [0.4, 0.5) is 0 Å². The van der Waals surface area contributed by atoms with Crippen molar-refractivity contribution in [3.63, 3.8) is 0 Å². The molecule has 0 bridgehead atoms. The second-order valence-electron chi connectivity index (χ2n) is 4.71. The van der Waals surface area contributed by atoms with Crippen LogP contribution in [0.25, 0.3) is 10.1 Å². The number of esters is 1. The average Bonchev–Trinajstić information content (AvgIpc) is 2.85. The maximum atomic E-state index is 12.7. The van der Waals surface area contributed by atoms with Gasteiger partial charge in [0.2, 0.25) is 15.8 Å². The number of carbonyl (C=O) groups is 2. The lowest BCUT2D eigenvalue weighted by Gasteiger charge is -2.28. The van der Waals surface area contributed by atoms with E-state index in [1.165, 1.54) is 7.05 Å². The Morgan fingerprint density at radius 3 is 2.73 bits per heavy atom. The molecule has 9 heteroatoms. The summed E-state index contributed by atoms with van der Waals surface area (Å²) in [7, 11) is -1.68. The molecule has 0 amide bonds. The molecule has 1 atom stereocenters. The van der Waals surface area contributed by atoms with Gasteiger partial charge in [-0.15, -0.1) is 11.3 Å². The topological polar surface area (TPSA) is 80.8 Å². The molecule has 116 valence electrons. The predicted octanol–water partition coefficient (Wildman–Crippen LogP) is 1.91. The molecule has 1 aliphatic rings. The third kappa shape index (κ3) is 1.98. The summed E-state index contributed by atoms with van der Waals surface area (Å²) in [6, 6.07) is 3.22. The van der Waals surface area contributed by atoms with Crippen molar-refractivity contribution < 1.29 is 22.7 Å². The Hall–Kier alpha value is -1.48. The number of ether oxygens (including phenoxy) is 1. The van der Waals surface area contributed by atoms with E-state index in [0.717, 1.165) is 22.8 Å². The van der Waals surface area contributed by atoms with Crippen LogP contribution >= 0.6 is 22.9 Å². The summed E-state index contributed by atoms with van der Waals surface area (Å²) in [4.78, 5) is 24.3. The van der Waals surface area contributed by atoms with Crippen molar-refractivity contribution in [1.82, 2.24) is 4.31 Å². The first kappa shape index (κ1) is 15.4. The fourth-order valence-corrected chi connectivity index (χ4v) is 5.79. The minimum atomic E-state index is -3.98. The Bertz CT molecular complexity index is 918. The van der Waals surface area contributed by atoms with Crippen molar-refractivity contribution in [2.45, 2.75) is 10.9 Å². The number of thiophene rings is 1. The summed E-state index contributed by atoms with van der Waals surface area (Å²) < 4.78 is 31.2. The number of hydrogen-bond donors (Lipinski definition) is 0. The number of hydrogen-bond acceptors (Lipinski definition) is 6. The summed E-state index contributed by atoms with van der Waals surface area (Å²) >= 11 is 6.92. The molecule has 0 saturated heterocycles. The van der Waals surface area contributed by atoms with Gasteiger partial charge in [0.05, 0.1) is 12.0 Å². The highest BCUT2D eigenvalue weighted by atomic mass is 35.5. The van der Waals surface area contributed by atoms with E-state index in [4.69, 9.17) is 11.6 Å². The molecule has 6 nitrogen and oxygen atoms in total. The highest BCUT2D eigenvalue weighted by Gasteiger charge is 2.48. The van der Waals surface area contributed by atoms with Gasteiger partial charge >= 0.3 is 5.97 Å². The Morgan fingerprint density at radius 2 is 2.09 bits per heavy atom. The molecule has 22 heavy (non-hydrogen) atoms. The zero-order chi connectivity index (χ0) is 16.2. The van der Waals surface area contributed by atoms with Crippen LogP contribution in [0.3, 0.4) is 0 Å². The first-order valence-corrected chi connectivity index (χ1v) is 8.74. The van der Waals surface area contributed by atoms with E-state index in [1.54, 1.807) is 18.2 Å². The third-order valence-electron chi connectivity index (χ3n) is 3.50. The lowest BCUT2D eigenvalue weighted by molar-refractivity contribution is -0.143. The second kappa shape index (κ2) is 5.02. The second-order valence-corrected chi connectivity index (χ2v) is 8.13. The Labute approximate surface area is 135 Å². The van der Waals surface area contributed by atoms with E-state index in [9.17, 15) is 18.0 Å². The molecule has 0 spiro atoms. The minimum Gasteiger partial charge on any atom is -0.467 e.